The van der Waals surface area contributed by atoms with Crippen molar-refractivity contribution >= 4 is 17.3 Å². The summed E-state index contributed by atoms with van der Waals surface area (Å²) in [6, 6.07) is 14.2. The van der Waals surface area contributed by atoms with E-state index in [-0.39, 0.29) is 17.0 Å². The molecule has 0 saturated heterocycles. The SMILES string of the molecule is O=c1ccc(Cc2ccc(Cl)c(Oc3ccccc3[N+](=O)[O-])c2)n[nH]1. The van der Waals surface area contributed by atoms with Crippen molar-refractivity contribution in [3.63, 3.8) is 0 Å². The lowest BCUT2D eigenvalue weighted by molar-refractivity contribution is -0.385. The van der Waals surface area contributed by atoms with E-state index in [2.05, 4.69) is 10.2 Å². The minimum absolute atomic E-state index is 0.105. The van der Waals surface area contributed by atoms with Gasteiger partial charge in [0.25, 0.3) is 5.56 Å². The maximum absolute atomic E-state index is 11.1. The van der Waals surface area contributed by atoms with Crippen molar-refractivity contribution in [2.24, 2.45) is 0 Å². The van der Waals surface area contributed by atoms with Crippen molar-refractivity contribution in [3.05, 3.63) is 91.3 Å². The minimum Gasteiger partial charge on any atom is -0.449 e. The quantitative estimate of drug-likeness (QED) is 0.554. The Morgan fingerprint density at radius 1 is 1.12 bits per heavy atom. The van der Waals surface area contributed by atoms with Crippen LogP contribution in [-0.2, 0) is 6.42 Å². The third kappa shape index (κ3) is 4.02. The fourth-order valence-corrected chi connectivity index (χ4v) is 2.39. The summed E-state index contributed by atoms with van der Waals surface area (Å²) >= 11 is 6.14. The first kappa shape index (κ1) is 16.7. The third-order valence-corrected chi connectivity index (χ3v) is 3.71. The van der Waals surface area contributed by atoms with Gasteiger partial charge in [0, 0.05) is 18.6 Å². The molecule has 1 aromatic heterocycles. The van der Waals surface area contributed by atoms with Gasteiger partial charge in [-0.15, -0.1) is 0 Å². The molecule has 0 aliphatic rings. The van der Waals surface area contributed by atoms with Crippen LogP contribution in [0.25, 0.3) is 0 Å². The molecule has 1 N–H and O–H groups in total. The van der Waals surface area contributed by atoms with Crippen LogP contribution in [0.5, 0.6) is 11.5 Å². The molecule has 0 atom stereocenters. The van der Waals surface area contributed by atoms with Crippen LogP contribution in [0.2, 0.25) is 5.02 Å². The smallest absolute Gasteiger partial charge is 0.311 e. The van der Waals surface area contributed by atoms with E-state index in [1.807, 2.05) is 0 Å². The van der Waals surface area contributed by atoms with E-state index >= 15 is 0 Å². The van der Waals surface area contributed by atoms with Gasteiger partial charge in [0.05, 0.1) is 15.6 Å². The summed E-state index contributed by atoms with van der Waals surface area (Å²) in [4.78, 5) is 21.6. The second kappa shape index (κ2) is 7.14. The molecule has 3 aromatic rings. The average Bonchev–Trinajstić information content (AvgIpc) is 2.60. The van der Waals surface area contributed by atoms with Crippen molar-refractivity contribution < 1.29 is 9.66 Å². The van der Waals surface area contributed by atoms with Gasteiger partial charge < -0.3 is 4.74 Å². The highest BCUT2D eigenvalue weighted by Gasteiger charge is 2.16. The van der Waals surface area contributed by atoms with Crippen LogP contribution in [0.15, 0.2) is 59.4 Å². The zero-order valence-corrected chi connectivity index (χ0v) is 13.6. The molecule has 0 aliphatic heterocycles. The van der Waals surface area contributed by atoms with Gasteiger partial charge in [0.2, 0.25) is 5.75 Å². The average molecular weight is 358 g/mol. The van der Waals surface area contributed by atoms with E-state index < -0.39 is 4.92 Å². The van der Waals surface area contributed by atoms with Gasteiger partial charge >= 0.3 is 5.69 Å². The summed E-state index contributed by atoms with van der Waals surface area (Å²) in [5, 5.41) is 17.7. The van der Waals surface area contributed by atoms with E-state index in [0.29, 0.717) is 22.9 Å². The molecule has 0 bridgehead atoms. The Balaban J connectivity index is 1.88. The third-order valence-electron chi connectivity index (χ3n) is 3.40. The molecule has 0 amide bonds. The van der Waals surface area contributed by atoms with Crippen LogP contribution < -0.4 is 10.3 Å². The van der Waals surface area contributed by atoms with E-state index in [9.17, 15) is 14.9 Å². The second-order valence-corrected chi connectivity index (χ2v) is 5.59. The van der Waals surface area contributed by atoms with Gasteiger partial charge in [-0.1, -0.05) is 29.8 Å². The van der Waals surface area contributed by atoms with Gasteiger partial charge in [-0.05, 0) is 29.8 Å². The zero-order chi connectivity index (χ0) is 17.8. The number of ether oxygens (including phenoxy) is 1. The maximum atomic E-state index is 11.1. The van der Waals surface area contributed by atoms with Crippen LogP contribution in [0.4, 0.5) is 5.69 Å². The number of benzene rings is 2. The van der Waals surface area contributed by atoms with Crippen LogP contribution in [0.1, 0.15) is 11.3 Å². The number of nitrogens with zero attached hydrogens (tertiary/aromatic N) is 2. The Kier molecular flexibility index (Phi) is 4.76. The van der Waals surface area contributed by atoms with Gasteiger partial charge in [0.1, 0.15) is 5.75 Å². The number of aromatic nitrogens is 2. The van der Waals surface area contributed by atoms with E-state index in [4.69, 9.17) is 16.3 Å². The number of rotatable bonds is 5. The Morgan fingerprint density at radius 2 is 1.92 bits per heavy atom. The lowest BCUT2D eigenvalue weighted by Crippen LogP contribution is -2.07. The van der Waals surface area contributed by atoms with Crippen LogP contribution in [0, 0.1) is 10.1 Å². The molecule has 126 valence electrons. The molecular weight excluding hydrogens is 346 g/mol. The molecule has 8 heteroatoms. The van der Waals surface area contributed by atoms with Gasteiger partial charge in [-0.25, -0.2) is 5.10 Å². The number of hydrogen-bond donors (Lipinski definition) is 1. The van der Waals surface area contributed by atoms with Crippen molar-refractivity contribution in [1.29, 1.82) is 0 Å². The minimum atomic E-state index is -0.517. The molecule has 0 saturated carbocycles. The molecule has 0 spiro atoms. The van der Waals surface area contributed by atoms with Crippen molar-refractivity contribution in [2.75, 3.05) is 0 Å². The highest BCUT2D eigenvalue weighted by molar-refractivity contribution is 6.32. The molecule has 7 nitrogen and oxygen atoms in total. The standard InChI is InChI=1S/C17H12ClN3O4/c18-13-7-5-11(9-12-6-8-17(22)20-19-12)10-16(13)25-15-4-2-1-3-14(15)21(23)24/h1-8,10H,9H2,(H,20,22). The van der Waals surface area contributed by atoms with Gasteiger partial charge in [0.15, 0.2) is 0 Å². The number of nitro groups is 1. The number of halogens is 1. The highest BCUT2D eigenvalue weighted by atomic mass is 35.5. The molecule has 25 heavy (non-hydrogen) atoms. The number of hydrogen-bond acceptors (Lipinski definition) is 5. The summed E-state index contributed by atoms with van der Waals surface area (Å²) in [6.07, 6.45) is 0.446. The first-order chi connectivity index (χ1) is 12.0. The lowest BCUT2D eigenvalue weighted by atomic mass is 10.1. The van der Waals surface area contributed by atoms with Crippen LogP contribution in [-0.4, -0.2) is 15.1 Å². The van der Waals surface area contributed by atoms with E-state index in [0.717, 1.165) is 5.56 Å². The van der Waals surface area contributed by atoms with Crippen LogP contribution >= 0.6 is 11.6 Å². The summed E-state index contributed by atoms with van der Waals surface area (Å²) in [6.45, 7) is 0. The highest BCUT2D eigenvalue weighted by Crippen LogP contribution is 2.35. The second-order valence-electron chi connectivity index (χ2n) is 5.18. The fourth-order valence-electron chi connectivity index (χ4n) is 2.23. The van der Waals surface area contributed by atoms with Crippen molar-refractivity contribution in [1.82, 2.24) is 10.2 Å². The Labute approximate surface area is 147 Å². The van der Waals surface area contributed by atoms with Crippen LogP contribution in [0.3, 0.4) is 0 Å². The maximum Gasteiger partial charge on any atom is 0.311 e. The molecule has 0 fully saturated rings. The molecule has 0 aliphatic carbocycles. The Hall–Kier alpha value is -3.19. The number of nitro benzene ring substituents is 1. The summed E-state index contributed by atoms with van der Waals surface area (Å²) in [7, 11) is 0. The summed E-state index contributed by atoms with van der Waals surface area (Å²) in [5.41, 5.74) is 1.07. The van der Waals surface area contributed by atoms with E-state index in [1.165, 1.54) is 18.2 Å². The molecular formula is C17H12ClN3O4. The van der Waals surface area contributed by atoms with Crippen molar-refractivity contribution in [3.8, 4) is 11.5 Å². The number of aromatic amines is 1. The lowest BCUT2D eigenvalue weighted by Gasteiger charge is -2.10. The fraction of sp³-hybridized carbons (Fsp3) is 0.0588. The first-order valence-corrected chi connectivity index (χ1v) is 7.65. The normalized spacial score (nSPS) is 10.4. The molecule has 0 unspecified atom stereocenters. The Bertz CT molecular complexity index is 967. The zero-order valence-electron chi connectivity index (χ0n) is 12.8. The predicted molar refractivity (Wildman–Crippen MR) is 92.3 cm³/mol. The largest absolute Gasteiger partial charge is 0.449 e. The van der Waals surface area contributed by atoms with E-state index in [1.54, 1.807) is 36.4 Å². The summed E-state index contributed by atoms with van der Waals surface area (Å²) in [5.74, 6) is 0.409. The monoisotopic (exact) mass is 357 g/mol. The molecule has 3 rings (SSSR count). The van der Waals surface area contributed by atoms with Gasteiger partial charge in [-0.2, -0.15) is 5.10 Å². The van der Waals surface area contributed by atoms with Crippen molar-refractivity contribution in [2.45, 2.75) is 6.42 Å². The number of para-hydroxylation sites is 2. The molecule has 2 aromatic carbocycles. The molecule has 1 heterocycles. The number of nitrogens with one attached hydrogen (secondary N) is 1. The molecule has 0 radical (unpaired) electrons. The van der Waals surface area contributed by atoms with Gasteiger partial charge in [-0.3, -0.25) is 14.9 Å². The predicted octanol–water partition coefficient (Wildman–Crippen LogP) is 3.71. The number of H-pyrrole nitrogens is 1. The Morgan fingerprint density at radius 3 is 2.64 bits per heavy atom. The summed E-state index contributed by atoms with van der Waals surface area (Å²) < 4.78 is 5.65. The topological polar surface area (TPSA) is 98.1 Å². The first-order valence-electron chi connectivity index (χ1n) is 7.27.